The Bertz CT molecular complexity index is 524. The molecule has 5 nitrogen and oxygen atoms in total. The molecule has 3 N–H and O–H groups in total. The number of nitrogens with zero attached hydrogens (tertiary/aromatic N) is 1. The fraction of sp³-hybridized carbons (Fsp3) is 0.750. The largest absolute Gasteiger partial charge is 0.393 e. The van der Waals surface area contributed by atoms with Crippen molar-refractivity contribution in [1.82, 2.24) is 4.90 Å². The molecule has 3 fully saturated rings. The highest BCUT2D eigenvalue weighted by atomic mass is 32.2. The first-order chi connectivity index (χ1) is 11.0. The van der Waals surface area contributed by atoms with E-state index in [0.717, 1.165) is 25.7 Å². The van der Waals surface area contributed by atoms with Crippen molar-refractivity contribution in [3.05, 3.63) is 11.0 Å². The summed E-state index contributed by atoms with van der Waals surface area (Å²) >= 11 is 6.70. The van der Waals surface area contributed by atoms with Crippen LogP contribution in [0.1, 0.15) is 44.9 Å². The Labute approximate surface area is 145 Å². The maximum absolute atomic E-state index is 12.7. The van der Waals surface area contributed by atoms with Gasteiger partial charge < -0.3 is 15.3 Å². The molecular weight excluding hydrogens is 334 g/mol. The average molecular weight is 357 g/mol. The Morgan fingerprint density at radius 2 is 1.87 bits per heavy atom. The van der Waals surface area contributed by atoms with Crippen LogP contribution >= 0.6 is 24.0 Å². The molecule has 23 heavy (non-hydrogen) atoms. The quantitative estimate of drug-likeness (QED) is 0.514. The lowest BCUT2D eigenvalue weighted by molar-refractivity contribution is -0.124. The lowest BCUT2D eigenvalue weighted by Crippen LogP contribution is -2.42. The van der Waals surface area contributed by atoms with Gasteiger partial charge in [0.15, 0.2) is 0 Å². The number of allylic oxidation sites excluding steroid dienone is 1. The Balaban J connectivity index is 1.69. The van der Waals surface area contributed by atoms with Crippen LogP contribution in [-0.2, 0) is 4.79 Å². The number of rotatable bonds is 2. The zero-order valence-corrected chi connectivity index (χ0v) is 14.6. The van der Waals surface area contributed by atoms with Crippen LogP contribution in [0.4, 0.5) is 0 Å². The molecule has 0 aromatic heterocycles. The average Bonchev–Trinajstić information content (AvgIpc) is 2.77. The van der Waals surface area contributed by atoms with Gasteiger partial charge in [0.25, 0.3) is 5.91 Å². The van der Waals surface area contributed by atoms with Gasteiger partial charge in [-0.05, 0) is 50.9 Å². The van der Waals surface area contributed by atoms with Crippen LogP contribution in [0.15, 0.2) is 11.0 Å². The molecular formula is C16H23NO4S2. The molecule has 5 atom stereocenters. The normalized spacial score (nSPS) is 40.9. The van der Waals surface area contributed by atoms with E-state index in [2.05, 4.69) is 0 Å². The summed E-state index contributed by atoms with van der Waals surface area (Å²) < 4.78 is 0.566. The predicted molar refractivity (Wildman–Crippen MR) is 92.7 cm³/mol. The first kappa shape index (κ1) is 17.4. The van der Waals surface area contributed by atoms with Gasteiger partial charge in [0, 0.05) is 6.04 Å². The van der Waals surface area contributed by atoms with Gasteiger partial charge in [0.2, 0.25) is 0 Å². The summed E-state index contributed by atoms with van der Waals surface area (Å²) in [6, 6.07) is -0.00378. The van der Waals surface area contributed by atoms with Gasteiger partial charge in [-0.2, -0.15) is 0 Å². The summed E-state index contributed by atoms with van der Waals surface area (Å²) in [5, 5.41) is 29.2. The van der Waals surface area contributed by atoms with Crippen molar-refractivity contribution < 1.29 is 20.1 Å². The van der Waals surface area contributed by atoms with Gasteiger partial charge in [-0.25, -0.2) is 0 Å². The minimum absolute atomic E-state index is 0.00378. The van der Waals surface area contributed by atoms with Gasteiger partial charge in [0.05, 0.1) is 23.2 Å². The van der Waals surface area contributed by atoms with Crippen LogP contribution in [0.3, 0.4) is 0 Å². The fourth-order valence-electron chi connectivity index (χ4n) is 3.71. The van der Waals surface area contributed by atoms with E-state index < -0.39 is 12.2 Å². The molecule has 0 aromatic rings. The molecule has 0 aromatic carbocycles. The van der Waals surface area contributed by atoms with Crippen molar-refractivity contribution in [2.75, 3.05) is 0 Å². The Kier molecular flexibility index (Phi) is 5.42. The van der Waals surface area contributed by atoms with E-state index in [9.17, 15) is 20.1 Å². The minimum Gasteiger partial charge on any atom is -0.393 e. The monoisotopic (exact) mass is 357 g/mol. The van der Waals surface area contributed by atoms with Gasteiger partial charge >= 0.3 is 0 Å². The molecule has 2 aliphatic carbocycles. The minimum atomic E-state index is -0.719. The van der Waals surface area contributed by atoms with Crippen LogP contribution in [-0.4, -0.2) is 54.8 Å². The number of aliphatic hydroxyl groups excluding tert-OH is 3. The third-order valence-electron chi connectivity index (χ3n) is 5.02. The van der Waals surface area contributed by atoms with Crippen molar-refractivity contribution in [1.29, 1.82) is 0 Å². The maximum Gasteiger partial charge on any atom is 0.266 e. The van der Waals surface area contributed by atoms with E-state index in [4.69, 9.17) is 12.2 Å². The van der Waals surface area contributed by atoms with Gasteiger partial charge in [-0.1, -0.05) is 30.1 Å². The topological polar surface area (TPSA) is 81.0 Å². The second kappa shape index (κ2) is 7.19. The van der Waals surface area contributed by atoms with Crippen LogP contribution < -0.4 is 0 Å². The van der Waals surface area contributed by atoms with E-state index in [1.54, 1.807) is 4.90 Å². The van der Waals surface area contributed by atoms with Crippen molar-refractivity contribution in [2.24, 2.45) is 5.92 Å². The van der Waals surface area contributed by atoms with Gasteiger partial charge in [-0.3, -0.25) is 9.69 Å². The smallest absolute Gasteiger partial charge is 0.266 e. The third-order valence-corrected chi connectivity index (χ3v) is 6.36. The lowest BCUT2D eigenvalue weighted by Gasteiger charge is -2.32. The van der Waals surface area contributed by atoms with Crippen LogP contribution in [0.5, 0.6) is 0 Å². The van der Waals surface area contributed by atoms with E-state index in [1.165, 1.54) is 11.8 Å². The third kappa shape index (κ3) is 3.79. The highest BCUT2D eigenvalue weighted by molar-refractivity contribution is 8.26. The zero-order valence-electron chi connectivity index (χ0n) is 12.9. The zero-order chi connectivity index (χ0) is 16.6. The predicted octanol–water partition coefficient (Wildman–Crippen LogP) is 1.56. The van der Waals surface area contributed by atoms with Crippen molar-refractivity contribution in [3.63, 3.8) is 0 Å². The number of thiocarbonyl (C=S) groups is 1. The molecule has 0 bridgehead atoms. The number of hydrogen-bond acceptors (Lipinski definition) is 6. The molecule has 128 valence electrons. The molecule has 2 saturated carbocycles. The summed E-state index contributed by atoms with van der Waals surface area (Å²) in [7, 11) is 0. The highest BCUT2D eigenvalue weighted by Gasteiger charge is 2.39. The van der Waals surface area contributed by atoms with Crippen molar-refractivity contribution in [2.45, 2.75) is 69.3 Å². The SMILES string of the molecule is O=C1/C(=C/C2CCC(O)C(O)C2)SC(=S)N1C1CCCC(O)C1. The molecule has 1 aliphatic heterocycles. The number of amides is 1. The molecule has 0 spiro atoms. The summed E-state index contributed by atoms with van der Waals surface area (Å²) in [5.41, 5.74) is 0. The Morgan fingerprint density at radius 3 is 2.57 bits per heavy atom. The number of aliphatic hydroxyl groups is 3. The first-order valence-electron chi connectivity index (χ1n) is 8.27. The lowest BCUT2D eigenvalue weighted by atomic mass is 9.85. The number of carbonyl (C=O) groups excluding carboxylic acids is 1. The van der Waals surface area contributed by atoms with Crippen LogP contribution in [0.2, 0.25) is 0 Å². The molecule has 1 saturated heterocycles. The Morgan fingerprint density at radius 1 is 1.09 bits per heavy atom. The summed E-state index contributed by atoms with van der Waals surface area (Å²) in [6.45, 7) is 0. The Hall–Kier alpha value is -0.470. The van der Waals surface area contributed by atoms with E-state index >= 15 is 0 Å². The molecule has 5 unspecified atom stereocenters. The second-order valence-corrected chi connectivity index (χ2v) is 8.43. The standard InChI is InChI=1S/C16H23NO4S2/c18-11-3-1-2-10(8-11)17-15(21)14(23-16(17)22)7-9-4-5-12(19)13(20)6-9/h7,9-13,18-20H,1-6,8H2/b14-7-. The molecule has 1 heterocycles. The van der Waals surface area contributed by atoms with Crippen LogP contribution in [0.25, 0.3) is 0 Å². The van der Waals surface area contributed by atoms with E-state index in [1.807, 2.05) is 6.08 Å². The highest BCUT2D eigenvalue weighted by Crippen LogP contribution is 2.38. The van der Waals surface area contributed by atoms with E-state index in [0.29, 0.717) is 28.5 Å². The number of hydrogen-bond donors (Lipinski definition) is 3. The van der Waals surface area contributed by atoms with E-state index in [-0.39, 0.29) is 24.0 Å². The molecule has 3 rings (SSSR count). The van der Waals surface area contributed by atoms with Crippen molar-refractivity contribution >= 4 is 34.2 Å². The van der Waals surface area contributed by atoms with Gasteiger partial charge in [-0.15, -0.1) is 0 Å². The van der Waals surface area contributed by atoms with Gasteiger partial charge in [0.1, 0.15) is 4.32 Å². The summed E-state index contributed by atoms with van der Waals surface area (Å²) in [5.74, 6) is 0.0271. The molecule has 0 radical (unpaired) electrons. The molecule has 3 aliphatic rings. The summed E-state index contributed by atoms with van der Waals surface area (Å²) in [6.07, 6.45) is 5.17. The van der Waals surface area contributed by atoms with Crippen molar-refractivity contribution in [3.8, 4) is 0 Å². The first-order valence-corrected chi connectivity index (χ1v) is 9.49. The summed E-state index contributed by atoms with van der Waals surface area (Å²) in [4.78, 5) is 15.0. The maximum atomic E-state index is 12.7. The molecule has 1 amide bonds. The van der Waals surface area contributed by atoms with Crippen LogP contribution in [0, 0.1) is 5.92 Å². The molecule has 7 heteroatoms. The second-order valence-electron chi connectivity index (χ2n) is 6.76. The fourth-order valence-corrected chi connectivity index (χ4v) is 5.18. The number of carbonyl (C=O) groups is 1. The number of thioether (sulfide) groups is 1.